The van der Waals surface area contributed by atoms with E-state index in [4.69, 9.17) is 0 Å². The van der Waals surface area contributed by atoms with Crippen molar-refractivity contribution in [2.45, 2.75) is 52.6 Å². The molecule has 4 nitrogen and oxygen atoms in total. The summed E-state index contributed by atoms with van der Waals surface area (Å²) in [6.07, 6.45) is 17.4. The predicted molar refractivity (Wildman–Crippen MR) is 109 cm³/mol. The number of benzene rings is 1. The van der Waals surface area contributed by atoms with Gasteiger partial charge in [0.2, 0.25) is 0 Å². The third kappa shape index (κ3) is 4.57. The lowest BCUT2D eigenvalue weighted by Gasteiger charge is -2.29. The van der Waals surface area contributed by atoms with E-state index in [9.17, 15) is 0 Å². The van der Waals surface area contributed by atoms with Gasteiger partial charge in [0.05, 0.1) is 25.5 Å². The van der Waals surface area contributed by atoms with Crippen LogP contribution in [-0.2, 0) is 13.1 Å². The highest BCUT2D eigenvalue weighted by Crippen LogP contribution is 2.23. The molecule has 1 aromatic rings. The van der Waals surface area contributed by atoms with Crippen LogP contribution in [0.4, 0.5) is 0 Å². The largest absolute Gasteiger partial charge is 0.250 e. The summed E-state index contributed by atoms with van der Waals surface area (Å²) in [5.41, 5.74) is 2.76. The summed E-state index contributed by atoms with van der Waals surface area (Å²) >= 11 is 0. The fourth-order valence-electron chi connectivity index (χ4n) is 3.78. The first kappa shape index (κ1) is 18.7. The Bertz CT molecular complexity index is 633. The van der Waals surface area contributed by atoms with Crippen molar-refractivity contribution >= 4 is 12.7 Å². The molecule has 0 saturated carbocycles. The second-order valence-electron chi connectivity index (χ2n) is 7.62. The minimum absolute atomic E-state index is 0.842. The Morgan fingerprint density at radius 3 is 1.65 bits per heavy atom. The third-order valence-electron chi connectivity index (χ3n) is 5.29. The summed E-state index contributed by atoms with van der Waals surface area (Å²) in [6.45, 7) is 8.69. The van der Waals surface area contributed by atoms with Crippen molar-refractivity contribution < 1.29 is 8.97 Å². The van der Waals surface area contributed by atoms with Crippen LogP contribution in [0.25, 0.3) is 0 Å². The van der Waals surface area contributed by atoms with Gasteiger partial charge in [-0.15, -0.1) is 0 Å². The highest BCUT2D eigenvalue weighted by Gasteiger charge is 2.28. The van der Waals surface area contributed by atoms with Gasteiger partial charge in [0.25, 0.3) is 0 Å². The fraction of sp³-hybridized carbons (Fsp3) is 0.455. The van der Waals surface area contributed by atoms with Crippen LogP contribution in [0.2, 0.25) is 0 Å². The number of unbranched alkanes of at least 4 members (excludes halogenated alkanes) is 2. The molecule has 0 N–H and O–H groups in total. The van der Waals surface area contributed by atoms with Crippen LogP contribution in [0.1, 0.15) is 50.7 Å². The summed E-state index contributed by atoms with van der Waals surface area (Å²) in [5.74, 6) is 0. The van der Waals surface area contributed by atoms with E-state index in [1.54, 1.807) is 0 Å². The Morgan fingerprint density at radius 1 is 0.769 bits per heavy atom. The van der Waals surface area contributed by atoms with Crippen molar-refractivity contribution in [1.82, 2.24) is 0 Å². The monoisotopic (exact) mass is 352 g/mol. The van der Waals surface area contributed by atoms with Gasteiger partial charge in [-0.25, -0.2) is 19.0 Å². The zero-order valence-corrected chi connectivity index (χ0v) is 16.2. The van der Waals surface area contributed by atoms with Gasteiger partial charge in [0.1, 0.15) is 25.5 Å². The molecule has 3 rings (SSSR count). The van der Waals surface area contributed by atoms with Crippen LogP contribution in [-0.4, -0.2) is 34.7 Å². The highest BCUT2D eigenvalue weighted by molar-refractivity contribution is 5.52. The minimum atomic E-state index is 0.842. The van der Waals surface area contributed by atoms with Crippen molar-refractivity contribution in [2.24, 2.45) is 9.98 Å². The molecular formula is C22H32N4+2. The van der Waals surface area contributed by atoms with Crippen LogP contribution < -0.4 is 0 Å². The van der Waals surface area contributed by atoms with Crippen molar-refractivity contribution in [2.75, 3.05) is 13.1 Å². The second-order valence-corrected chi connectivity index (χ2v) is 7.62. The average Bonchev–Trinajstić information content (AvgIpc) is 3.29. The van der Waals surface area contributed by atoms with E-state index in [-0.39, 0.29) is 0 Å². The van der Waals surface area contributed by atoms with E-state index < -0.39 is 0 Å². The highest BCUT2D eigenvalue weighted by atomic mass is 15.4. The predicted octanol–water partition coefficient (Wildman–Crippen LogP) is 4.95. The molecule has 0 saturated heterocycles. The topological polar surface area (TPSA) is 24.7 Å². The van der Waals surface area contributed by atoms with Crippen LogP contribution in [0, 0.1) is 0 Å². The average molecular weight is 353 g/mol. The fourth-order valence-corrected chi connectivity index (χ4v) is 3.78. The molecule has 2 heterocycles. The van der Waals surface area contributed by atoms with E-state index in [1.165, 1.54) is 36.8 Å². The Morgan fingerprint density at radius 2 is 1.27 bits per heavy atom. The Balaban J connectivity index is 1.74. The van der Waals surface area contributed by atoms with Gasteiger partial charge in [-0.3, -0.25) is 0 Å². The summed E-state index contributed by atoms with van der Waals surface area (Å²) in [5, 5.41) is 0. The molecule has 1 aromatic carbocycles. The van der Waals surface area contributed by atoms with E-state index >= 15 is 0 Å². The first-order valence-corrected chi connectivity index (χ1v) is 9.94. The molecule has 0 bridgehead atoms. The van der Waals surface area contributed by atoms with Crippen molar-refractivity contribution in [3.8, 4) is 0 Å². The normalized spacial score (nSPS) is 26.2. The van der Waals surface area contributed by atoms with Crippen LogP contribution >= 0.6 is 0 Å². The molecule has 4 heteroatoms. The standard InChI is InChI=1S/C22H32N4/c1-3-5-12-25(14-10-23-19-25)17-21-8-7-9-22(16-21)18-26(13-6-4-2)15-11-24-20-26/h7-11,14-16,19-20H,3-6,12-13,17-18H2,1-2H3/q+2. The maximum atomic E-state index is 4.37. The van der Waals surface area contributed by atoms with Crippen LogP contribution in [0.3, 0.4) is 0 Å². The van der Waals surface area contributed by atoms with E-state index in [0.717, 1.165) is 35.1 Å². The molecule has 0 spiro atoms. The lowest BCUT2D eigenvalue weighted by atomic mass is 10.1. The SMILES string of the molecule is CCCC[N+]1(Cc2cccc(C[N+]3(CCCC)C=CN=C3)c2)C=CN=C1. The molecule has 0 radical (unpaired) electrons. The first-order chi connectivity index (χ1) is 12.7. The number of nitrogens with zero attached hydrogens (tertiary/aromatic N) is 4. The van der Waals surface area contributed by atoms with Gasteiger partial charge in [0, 0.05) is 11.1 Å². The summed E-state index contributed by atoms with van der Waals surface area (Å²) in [6, 6.07) is 9.07. The van der Waals surface area contributed by atoms with E-state index in [2.05, 4.69) is 73.2 Å². The van der Waals surface area contributed by atoms with Gasteiger partial charge in [-0.2, -0.15) is 0 Å². The van der Waals surface area contributed by atoms with E-state index in [1.807, 2.05) is 12.4 Å². The van der Waals surface area contributed by atoms with Crippen molar-refractivity contribution in [3.63, 3.8) is 0 Å². The van der Waals surface area contributed by atoms with Gasteiger partial charge >= 0.3 is 0 Å². The smallest absolute Gasteiger partial charge is 0.195 e. The maximum absolute atomic E-state index is 4.37. The second kappa shape index (κ2) is 8.56. The Kier molecular flexibility index (Phi) is 6.17. The van der Waals surface area contributed by atoms with Gasteiger partial charge in [-0.1, -0.05) is 44.9 Å². The number of hydrogen-bond donors (Lipinski definition) is 0. The molecule has 2 aliphatic rings. The van der Waals surface area contributed by atoms with Gasteiger partial charge < -0.3 is 0 Å². The summed E-state index contributed by atoms with van der Waals surface area (Å²) in [7, 11) is 0. The quantitative estimate of drug-likeness (QED) is 0.533. The molecule has 2 atom stereocenters. The number of aliphatic imine (C=N–C) groups is 2. The molecule has 0 fully saturated rings. The molecule has 2 aliphatic heterocycles. The van der Waals surface area contributed by atoms with Crippen molar-refractivity contribution in [1.29, 1.82) is 0 Å². The van der Waals surface area contributed by atoms with Crippen molar-refractivity contribution in [3.05, 3.63) is 60.2 Å². The summed E-state index contributed by atoms with van der Waals surface area (Å²) < 4.78 is 1.68. The molecule has 2 unspecified atom stereocenters. The van der Waals surface area contributed by atoms with Crippen LogP contribution in [0.5, 0.6) is 0 Å². The molecular weight excluding hydrogens is 320 g/mol. The third-order valence-corrected chi connectivity index (χ3v) is 5.29. The zero-order valence-electron chi connectivity index (χ0n) is 16.2. The lowest BCUT2D eigenvalue weighted by Crippen LogP contribution is -2.40. The van der Waals surface area contributed by atoms with Gasteiger partial charge in [0.15, 0.2) is 12.7 Å². The minimum Gasteiger partial charge on any atom is -0.250 e. The van der Waals surface area contributed by atoms with Gasteiger partial charge in [-0.05, 0) is 18.9 Å². The number of hydrogen-bond acceptors (Lipinski definition) is 2. The number of quaternary nitrogens is 2. The Labute approximate surface area is 158 Å². The summed E-state index contributed by atoms with van der Waals surface area (Å²) in [4.78, 5) is 8.75. The zero-order chi connectivity index (χ0) is 18.3. The lowest BCUT2D eigenvalue weighted by molar-refractivity contribution is -0.795. The Hall–Kier alpha value is -2.04. The first-order valence-electron chi connectivity index (χ1n) is 9.94. The molecule has 0 aliphatic carbocycles. The van der Waals surface area contributed by atoms with E-state index in [0.29, 0.717) is 0 Å². The molecule has 138 valence electrons. The molecule has 0 amide bonds. The molecule has 26 heavy (non-hydrogen) atoms. The molecule has 0 aromatic heterocycles. The van der Waals surface area contributed by atoms with Crippen LogP contribution in [0.15, 0.2) is 59.1 Å². The number of rotatable bonds is 10. The maximum Gasteiger partial charge on any atom is 0.195 e.